The van der Waals surface area contributed by atoms with Crippen LogP contribution in [0.15, 0.2) is 5.10 Å². The maximum absolute atomic E-state index is 5.36. The Balaban J connectivity index is 2.69. The fourth-order valence-electron chi connectivity index (χ4n) is 1.88. The predicted octanol–water partition coefficient (Wildman–Crippen LogP) is 2.12. The number of thiocarbonyl (C=S) groups is 1. The van der Waals surface area contributed by atoms with Crippen LogP contribution < -0.4 is 11.2 Å². The van der Waals surface area contributed by atoms with E-state index in [0.29, 0.717) is 16.4 Å². The van der Waals surface area contributed by atoms with Gasteiger partial charge in [0, 0.05) is 22.1 Å². The van der Waals surface area contributed by atoms with E-state index in [1.54, 1.807) is 0 Å². The molecule has 0 amide bonds. The van der Waals surface area contributed by atoms with Crippen molar-refractivity contribution >= 4 is 34.8 Å². The molecule has 0 aliphatic carbocycles. The minimum Gasteiger partial charge on any atom is -0.375 e. The van der Waals surface area contributed by atoms with Crippen LogP contribution in [0.5, 0.6) is 0 Å². The predicted molar refractivity (Wildman–Crippen MR) is 72.3 cm³/mol. The van der Waals surface area contributed by atoms with E-state index in [2.05, 4.69) is 43.1 Å². The van der Waals surface area contributed by atoms with Crippen molar-refractivity contribution in [3.05, 3.63) is 0 Å². The molecule has 0 spiro atoms. The molecule has 3 atom stereocenters. The number of thioether (sulfide) groups is 1. The zero-order chi connectivity index (χ0) is 11.4. The van der Waals surface area contributed by atoms with Crippen molar-refractivity contribution in [1.29, 1.82) is 0 Å². The van der Waals surface area contributed by atoms with Gasteiger partial charge in [0.2, 0.25) is 0 Å². The lowest BCUT2D eigenvalue weighted by molar-refractivity contribution is 0.645. The molecule has 1 fully saturated rings. The lowest BCUT2D eigenvalue weighted by atomic mass is 9.95. The second-order valence-corrected chi connectivity index (χ2v) is 6.09. The van der Waals surface area contributed by atoms with Crippen molar-refractivity contribution in [2.45, 2.75) is 44.1 Å². The van der Waals surface area contributed by atoms with Crippen LogP contribution in [0.3, 0.4) is 0 Å². The minimum atomic E-state index is 0.244. The number of rotatable bonds is 2. The number of nitrogens with one attached hydrogen (secondary N) is 1. The van der Waals surface area contributed by atoms with Crippen LogP contribution in [0.4, 0.5) is 0 Å². The summed E-state index contributed by atoms with van der Waals surface area (Å²) >= 11 is 6.80. The summed E-state index contributed by atoms with van der Waals surface area (Å²) in [5.41, 5.74) is 9.26. The third-order valence-corrected chi connectivity index (χ3v) is 4.51. The fraction of sp³-hybridized carbons (Fsp3) is 0.800. The highest BCUT2D eigenvalue weighted by molar-refractivity contribution is 8.00. The van der Waals surface area contributed by atoms with Gasteiger partial charge in [0.1, 0.15) is 0 Å². The van der Waals surface area contributed by atoms with Gasteiger partial charge in [-0.2, -0.15) is 16.9 Å². The molecule has 0 bridgehead atoms. The highest BCUT2D eigenvalue weighted by Gasteiger charge is 2.29. The van der Waals surface area contributed by atoms with Gasteiger partial charge in [0.25, 0.3) is 0 Å². The number of hydrazone groups is 1. The standard InChI is InChI=1S/C10H19N3S2/c1-4-9-7(3)8(5-6(2)15-9)12-13-10(11)14/h6-7,9H,4-5H2,1-3H3,(H3,11,13,14). The van der Waals surface area contributed by atoms with Crippen LogP contribution >= 0.6 is 24.0 Å². The summed E-state index contributed by atoms with van der Waals surface area (Å²) in [6.07, 6.45) is 2.21. The Labute approximate surface area is 101 Å². The molecule has 0 saturated carbocycles. The first-order chi connectivity index (χ1) is 7.04. The number of nitrogens with two attached hydrogens (primary N) is 1. The van der Waals surface area contributed by atoms with Gasteiger partial charge < -0.3 is 5.73 Å². The monoisotopic (exact) mass is 245 g/mol. The van der Waals surface area contributed by atoms with Crippen LogP contribution in [-0.4, -0.2) is 21.3 Å². The first-order valence-corrected chi connectivity index (χ1v) is 6.67. The SMILES string of the molecule is CCC1SC(C)CC(=NNC(N)=S)C1C. The lowest BCUT2D eigenvalue weighted by Crippen LogP contribution is -2.35. The van der Waals surface area contributed by atoms with E-state index in [4.69, 9.17) is 18.0 Å². The van der Waals surface area contributed by atoms with Gasteiger partial charge in [-0.05, 0) is 25.1 Å². The molecule has 0 aromatic rings. The van der Waals surface area contributed by atoms with Crippen molar-refractivity contribution < 1.29 is 0 Å². The van der Waals surface area contributed by atoms with Gasteiger partial charge >= 0.3 is 0 Å². The molecule has 1 aliphatic heterocycles. The molecule has 86 valence electrons. The molecule has 0 aromatic carbocycles. The molecule has 3 unspecified atom stereocenters. The smallest absolute Gasteiger partial charge is 0.184 e. The molecular formula is C10H19N3S2. The average Bonchev–Trinajstić information content (AvgIpc) is 2.18. The Morgan fingerprint density at radius 3 is 2.87 bits per heavy atom. The van der Waals surface area contributed by atoms with Gasteiger partial charge in [-0.3, -0.25) is 5.43 Å². The fourth-order valence-corrected chi connectivity index (χ4v) is 3.38. The van der Waals surface area contributed by atoms with E-state index in [-0.39, 0.29) is 5.11 Å². The van der Waals surface area contributed by atoms with Crippen LogP contribution in [0.25, 0.3) is 0 Å². The van der Waals surface area contributed by atoms with Gasteiger partial charge in [-0.25, -0.2) is 0 Å². The summed E-state index contributed by atoms with van der Waals surface area (Å²) in [4.78, 5) is 0. The molecule has 1 rings (SSSR count). The van der Waals surface area contributed by atoms with Crippen molar-refractivity contribution in [2.75, 3.05) is 0 Å². The molecule has 1 heterocycles. The molecule has 3 nitrogen and oxygen atoms in total. The molecule has 0 aromatic heterocycles. The molecule has 3 N–H and O–H groups in total. The van der Waals surface area contributed by atoms with E-state index >= 15 is 0 Å². The number of nitrogens with zero attached hydrogens (tertiary/aromatic N) is 1. The zero-order valence-electron chi connectivity index (χ0n) is 9.49. The summed E-state index contributed by atoms with van der Waals surface area (Å²) in [6, 6.07) is 0. The van der Waals surface area contributed by atoms with E-state index in [1.807, 2.05) is 0 Å². The third kappa shape index (κ3) is 3.65. The summed E-state index contributed by atoms with van der Waals surface area (Å²) in [6.45, 7) is 6.70. The first-order valence-electron chi connectivity index (χ1n) is 5.32. The molecule has 15 heavy (non-hydrogen) atoms. The number of hydrogen-bond acceptors (Lipinski definition) is 3. The zero-order valence-corrected chi connectivity index (χ0v) is 11.1. The van der Waals surface area contributed by atoms with Gasteiger partial charge in [0.05, 0.1) is 0 Å². The Morgan fingerprint density at radius 2 is 2.33 bits per heavy atom. The average molecular weight is 245 g/mol. The summed E-state index contributed by atoms with van der Waals surface area (Å²) < 4.78 is 0. The van der Waals surface area contributed by atoms with E-state index in [0.717, 1.165) is 6.42 Å². The van der Waals surface area contributed by atoms with Crippen LogP contribution in [0, 0.1) is 5.92 Å². The number of hydrogen-bond donors (Lipinski definition) is 2. The second-order valence-electron chi connectivity index (χ2n) is 3.97. The Hall–Kier alpha value is -0.290. The highest BCUT2D eigenvalue weighted by atomic mass is 32.2. The maximum atomic E-state index is 5.36. The van der Waals surface area contributed by atoms with E-state index < -0.39 is 0 Å². The van der Waals surface area contributed by atoms with Gasteiger partial charge in [-0.15, -0.1) is 0 Å². The minimum absolute atomic E-state index is 0.244. The van der Waals surface area contributed by atoms with Crippen molar-refractivity contribution in [3.8, 4) is 0 Å². The highest BCUT2D eigenvalue weighted by Crippen LogP contribution is 2.35. The van der Waals surface area contributed by atoms with Crippen molar-refractivity contribution in [1.82, 2.24) is 5.43 Å². The van der Waals surface area contributed by atoms with Crippen molar-refractivity contribution in [3.63, 3.8) is 0 Å². The third-order valence-electron chi connectivity index (χ3n) is 2.70. The first kappa shape index (κ1) is 12.8. The van der Waals surface area contributed by atoms with E-state index in [9.17, 15) is 0 Å². The second kappa shape index (κ2) is 5.70. The van der Waals surface area contributed by atoms with Crippen molar-refractivity contribution in [2.24, 2.45) is 16.8 Å². The maximum Gasteiger partial charge on any atom is 0.184 e. The quantitative estimate of drug-likeness (QED) is 0.578. The summed E-state index contributed by atoms with van der Waals surface area (Å²) in [7, 11) is 0. The Morgan fingerprint density at radius 1 is 1.67 bits per heavy atom. The molecular weight excluding hydrogens is 226 g/mol. The molecule has 1 saturated heterocycles. The van der Waals surface area contributed by atoms with Gasteiger partial charge in [-0.1, -0.05) is 20.8 Å². The van der Waals surface area contributed by atoms with Gasteiger partial charge in [0.15, 0.2) is 5.11 Å². The lowest BCUT2D eigenvalue weighted by Gasteiger charge is -2.32. The normalized spacial score (nSPS) is 34.1. The van der Waals surface area contributed by atoms with Crippen LogP contribution in [0.1, 0.15) is 33.6 Å². The molecule has 1 aliphatic rings. The molecule has 5 heteroatoms. The van der Waals surface area contributed by atoms with Crippen LogP contribution in [0.2, 0.25) is 0 Å². The summed E-state index contributed by atoms with van der Waals surface area (Å²) in [5, 5.41) is 5.85. The Kier molecular flexibility index (Phi) is 4.86. The summed E-state index contributed by atoms with van der Waals surface area (Å²) in [5.74, 6) is 0.512. The largest absolute Gasteiger partial charge is 0.375 e. The van der Waals surface area contributed by atoms with Crippen LogP contribution in [-0.2, 0) is 0 Å². The topological polar surface area (TPSA) is 50.4 Å². The molecule has 0 radical (unpaired) electrons. The Bertz CT molecular complexity index is 265. The van der Waals surface area contributed by atoms with E-state index in [1.165, 1.54) is 12.1 Å².